The maximum absolute atomic E-state index is 10.6. The van der Waals surface area contributed by atoms with Crippen LogP contribution in [0.5, 0.6) is 0 Å². The van der Waals surface area contributed by atoms with E-state index in [4.69, 9.17) is 5.11 Å². The molecule has 0 unspecified atom stereocenters. The summed E-state index contributed by atoms with van der Waals surface area (Å²) in [5, 5.41) is 12.0. The minimum atomic E-state index is -0.974. The van der Waals surface area contributed by atoms with E-state index in [1.54, 1.807) is 6.07 Å². The lowest BCUT2D eigenvalue weighted by Gasteiger charge is -2.02. The minimum Gasteiger partial charge on any atom is -0.477 e. The molecule has 4 nitrogen and oxygen atoms in total. The Bertz CT molecular complexity index is 348. The van der Waals surface area contributed by atoms with Gasteiger partial charge in [-0.2, -0.15) is 0 Å². The van der Waals surface area contributed by atoms with Crippen LogP contribution in [0.4, 0.5) is 0 Å². The van der Waals surface area contributed by atoms with Crippen molar-refractivity contribution in [3.8, 4) is 0 Å². The molecule has 0 spiro atoms. The van der Waals surface area contributed by atoms with Gasteiger partial charge < -0.3 is 10.4 Å². The second-order valence-electron chi connectivity index (χ2n) is 3.51. The molecule has 1 saturated carbocycles. The van der Waals surface area contributed by atoms with Gasteiger partial charge in [-0.25, -0.2) is 9.78 Å². The number of aromatic carboxylic acids is 1. The van der Waals surface area contributed by atoms with Crippen LogP contribution in [0.25, 0.3) is 0 Å². The highest BCUT2D eigenvalue weighted by atomic mass is 16.4. The highest BCUT2D eigenvalue weighted by molar-refractivity contribution is 5.85. The molecule has 1 aromatic rings. The van der Waals surface area contributed by atoms with Crippen molar-refractivity contribution in [3.05, 3.63) is 29.6 Å². The van der Waals surface area contributed by atoms with Crippen LogP contribution in [-0.4, -0.2) is 22.1 Å². The fraction of sp³-hybridized carbons (Fsp3) is 0.400. The van der Waals surface area contributed by atoms with Crippen molar-refractivity contribution < 1.29 is 9.90 Å². The maximum atomic E-state index is 10.6. The molecule has 1 fully saturated rings. The summed E-state index contributed by atoms with van der Waals surface area (Å²) in [6, 6.07) is 4.08. The number of carboxylic acid groups (broad SMARTS) is 1. The first-order valence-electron chi connectivity index (χ1n) is 4.67. The summed E-state index contributed by atoms with van der Waals surface area (Å²) >= 11 is 0. The van der Waals surface area contributed by atoms with E-state index in [9.17, 15) is 4.79 Å². The van der Waals surface area contributed by atoms with Crippen LogP contribution in [0.15, 0.2) is 18.3 Å². The van der Waals surface area contributed by atoms with Crippen molar-refractivity contribution >= 4 is 5.97 Å². The lowest BCUT2D eigenvalue weighted by molar-refractivity contribution is 0.0690. The molecule has 1 aliphatic rings. The molecular formula is C10H12N2O2. The summed E-state index contributed by atoms with van der Waals surface area (Å²) in [4.78, 5) is 14.4. The van der Waals surface area contributed by atoms with Gasteiger partial charge in [0.05, 0.1) is 0 Å². The van der Waals surface area contributed by atoms with Crippen LogP contribution in [0.1, 0.15) is 28.9 Å². The molecule has 2 N–H and O–H groups in total. The number of carbonyl (C=O) groups is 1. The Hall–Kier alpha value is -1.42. The van der Waals surface area contributed by atoms with Gasteiger partial charge in [0.2, 0.25) is 0 Å². The Labute approximate surface area is 82.0 Å². The number of hydrogen-bond acceptors (Lipinski definition) is 3. The van der Waals surface area contributed by atoms with Gasteiger partial charge in [0.1, 0.15) is 5.69 Å². The van der Waals surface area contributed by atoms with E-state index < -0.39 is 5.97 Å². The van der Waals surface area contributed by atoms with Crippen molar-refractivity contribution in [2.75, 3.05) is 0 Å². The minimum absolute atomic E-state index is 0.111. The predicted molar refractivity (Wildman–Crippen MR) is 51.1 cm³/mol. The fourth-order valence-electron chi connectivity index (χ4n) is 1.25. The standard InChI is InChI=1S/C10H12N2O2/c13-10(14)9-5-7(3-4-11-9)6-12-8-1-2-8/h3-5,8,12H,1-2,6H2,(H,13,14). The van der Waals surface area contributed by atoms with Gasteiger partial charge in [0.25, 0.3) is 0 Å². The number of carboxylic acids is 1. The average molecular weight is 192 g/mol. The van der Waals surface area contributed by atoms with Crippen LogP contribution in [0.2, 0.25) is 0 Å². The van der Waals surface area contributed by atoms with Crippen LogP contribution >= 0.6 is 0 Å². The molecule has 0 bridgehead atoms. The zero-order valence-corrected chi connectivity index (χ0v) is 7.73. The molecule has 1 aliphatic carbocycles. The normalized spacial score (nSPS) is 15.4. The topological polar surface area (TPSA) is 62.2 Å². The molecule has 4 heteroatoms. The van der Waals surface area contributed by atoms with E-state index in [2.05, 4.69) is 10.3 Å². The van der Waals surface area contributed by atoms with Crippen LogP contribution in [0, 0.1) is 0 Å². The summed E-state index contributed by atoms with van der Waals surface area (Å²) in [5.41, 5.74) is 1.09. The third-order valence-electron chi connectivity index (χ3n) is 2.22. The Kier molecular flexibility index (Phi) is 2.45. The van der Waals surface area contributed by atoms with E-state index in [0.29, 0.717) is 6.04 Å². The van der Waals surface area contributed by atoms with E-state index in [1.165, 1.54) is 19.0 Å². The Morgan fingerprint density at radius 2 is 2.43 bits per heavy atom. The van der Waals surface area contributed by atoms with Crippen molar-refractivity contribution in [3.63, 3.8) is 0 Å². The average Bonchev–Trinajstić information content (AvgIpc) is 2.99. The van der Waals surface area contributed by atoms with Crippen molar-refractivity contribution in [1.29, 1.82) is 0 Å². The number of nitrogens with zero attached hydrogens (tertiary/aromatic N) is 1. The number of nitrogens with one attached hydrogen (secondary N) is 1. The monoisotopic (exact) mass is 192 g/mol. The number of aromatic nitrogens is 1. The molecule has 1 aromatic heterocycles. The number of pyridine rings is 1. The number of hydrogen-bond donors (Lipinski definition) is 2. The van der Waals surface area contributed by atoms with E-state index in [-0.39, 0.29) is 5.69 Å². The molecule has 0 radical (unpaired) electrons. The Morgan fingerprint density at radius 3 is 3.07 bits per heavy atom. The van der Waals surface area contributed by atoms with Gasteiger partial charge in [0.15, 0.2) is 0 Å². The van der Waals surface area contributed by atoms with Gasteiger partial charge in [0, 0.05) is 18.8 Å². The van der Waals surface area contributed by atoms with Gasteiger partial charge in [-0.05, 0) is 30.5 Å². The molecule has 0 saturated heterocycles. The zero-order chi connectivity index (χ0) is 9.97. The summed E-state index contributed by atoms with van der Waals surface area (Å²) in [7, 11) is 0. The van der Waals surface area contributed by atoms with Gasteiger partial charge in [-0.15, -0.1) is 0 Å². The quantitative estimate of drug-likeness (QED) is 0.748. The van der Waals surface area contributed by atoms with Crippen molar-refractivity contribution in [2.45, 2.75) is 25.4 Å². The molecule has 0 aromatic carbocycles. The van der Waals surface area contributed by atoms with Gasteiger partial charge >= 0.3 is 5.97 Å². The highest BCUT2D eigenvalue weighted by Crippen LogP contribution is 2.19. The molecule has 0 aliphatic heterocycles. The lowest BCUT2D eigenvalue weighted by Crippen LogP contribution is -2.15. The molecule has 74 valence electrons. The smallest absolute Gasteiger partial charge is 0.354 e. The van der Waals surface area contributed by atoms with Crippen molar-refractivity contribution in [1.82, 2.24) is 10.3 Å². The summed E-state index contributed by atoms with van der Waals surface area (Å²) in [5.74, 6) is -0.974. The van der Waals surface area contributed by atoms with Crippen LogP contribution in [-0.2, 0) is 6.54 Å². The number of rotatable bonds is 4. The largest absolute Gasteiger partial charge is 0.477 e. The second-order valence-corrected chi connectivity index (χ2v) is 3.51. The zero-order valence-electron chi connectivity index (χ0n) is 7.73. The second kappa shape index (κ2) is 3.75. The van der Waals surface area contributed by atoms with Crippen LogP contribution < -0.4 is 5.32 Å². The fourth-order valence-corrected chi connectivity index (χ4v) is 1.25. The Balaban J connectivity index is 2.01. The third kappa shape index (κ3) is 2.29. The third-order valence-corrected chi connectivity index (χ3v) is 2.22. The predicted octanol–water partition coefficient (Wildman–Crippen LogP) is 1.03. The van der Waals surface area contributed by atoms with E-state index >= 15 is 0 Å². The molecule has 1 heterocycles. The van der Waals surface area contributed by atoms with Gasteiger partial charge in [-0.1, -0.05) is 0 Å². The van der Waals surface area contributed by atoms with Crippen LogP contribution in [0.3, 0.4) is 0 Å². The molecule has 14 heavy (non-hydrogen) atoms. The summed E-state index contributed by atoms with van der Waals surface area (Å²) in [6.45, 7) is 0.730. The molecule has 2 rings (SSSR count). The SMILES string of the molecule is O=C(O)c1cc(CNC2CC2)ccn1. The van der Waals surface area contributed by atoms with E-state index in [0.717, 1.165) is 12.1 Å². The molecular weight excluding hydrogens is 180 g/mol. The summed E-state index contributed by atoms with van der Waals surface area (Å²) in [6.07, 6.45) is 4.00. The lowest BCUT2D eigenvalue weighted by atomic mass is 10.2. The first-order chi connectivity index (χ1) is 6.75. The maximum Gasteiger partial charge on any atom is 0.354 e. The summed E-state index contributed by atoms with van der Waals surface area (Å²) < 4.78 is 0. The van der Waals surface area contributed by atoms with Crippen molar-refractivity contribution in [2.24, 2.45) is 0 Å². The Morgan fingerprint density at radius 1 is 1.64 bits per heavy atom. The van der Waals surface area contributed by atoms with E-state index in [1.807, 2.05) is 6.07 Å². The van der Waals surface area contributed by atoms with Gasteiger partial charge in [-0.3, -0.25) is 0 Å². The molecule has 0 atom stereocenters. The first-order valence-corrected chi connectivity index (χ1v) is 4.67. The molecule has 0 amide bonds. The first kappa shape index (κ1) is 9.15. The highest BCUT2D eigenvalue weighted by Gasteiger charge is 2.20.